The van der Waals surface area contributed by atoms with E-state index in [-0.39, 0.29) is 21.0 Å². The highest BCUT2D eigenvalue weighted by molar-refractivity contribution is 7.94. The van der Waals surface area contributed by atoms with Gasteiger partial charge in [-0.2, -0.15) is 33.2 Å². The summed E-state index contributed by atoms with van der Waals surface area (Å²) < 4.78 is 48.6. The average Bonchev–Trinajstić information content (AvgIpc) is 3.28. The van der Waals surface area contributed by atoms with Crippen LogP contribution in [0.25, 0.3) is 5.69 Å². The molecule has 0 fully saturated rings. The summed E-state index contributed by atoms with van der Waals surface area (Å²) in [5.41, 5.74) is 3.78. The minimum Gasteiger partial charge on any atom is -0.778 e. The summed E-state index contributed by atoms with van der Waals surface area (Å²) in [7, 11) is -3.71. The molecule has 0 spiro atoms. The van der Waals surface area contributed by atoms with Gasteiger partial charge in [-0.3, -0.25) is 20.2 Å². The number of benzene rings is 1. The first-order valence-electron chi connectivity index (χ1n) is 12.9. The summed E-state index contributed by atoms with van der Waals surface area (Å²) in [5, 5.41) is 29.6. The second kappa shape index (κ2) is 21.0. The molecule has 17 nitrogen and oxygen atoms in total. The summed E-state index contributed by atoms with van der Waals surface area (Å²) in [6, 6.07) is 1.27. The molecule has 25 heteroatoms. The standard InChI is InChI=1S/C10H5Cl2F3N4O2.C7H12ClN5.C3H8NO5P.C3H9S/c11-5-1-4(10(13,14)15)2-6(12)8(5)18-9(16)7(3-17-18)19(20)21;1-3-9-6-11-5(8)12-7(13-6)10-4-2;5-3(6)1-4-2-10(7,8)9;1-4(2)3/h1-3H,16H2;3-4H2,1-2H3,(H2,9,10,11,12,13);4H,1-2H2,(H,5,6)(H2,7,8,9);1-3H3/q;;;+1/p-1. The second-order valence-corrected chi connectivity index (χ2v) is 14.2. The number of hydrogen-bond donors (Lipinski definition) is 6. The molecule has 0 aliphatic carbocycles. The third-order valence-corrected chi connectivity index (χ3v) is 5.77. The molecule has 0 radical (unpaired) electrons. The van der Waals surface area contributed by atoms with Gasteiger partial charge in [-0.05, 0) is 48.5 Å². The Morgan fingerprint density at radius 1 is 1.08 bits per heavy atom. The largest absolute Gasteiger partial charge is 0.778 e. The fourth-order valence-electron chi connectivity index (χ4n) is 2.73. The molecule has 3 rings (SSSR count). The minimum atomic E-state index is -4.63. The highest BCUT2D eigenvalue weighted by Gasteiger charge is 2.33. The van der Waals surface area contributed by atoms with Gasteiger partial charge in [0.25, 0.3) is 0 Å². The quantitative estimate of drug-likeness (QED) is 0.0740. The van der Waals surface area contributed by atoms with E-state index < -0.39 is 54.6 Å². The Bertz CT molecular complexity index is 1500. The first kappa shape index (κ1) is 44.8. The number of nitro groups is 1. The lowest BCUT2D eigenvalue weighted by Gasteiger charge is -2.14. The van der Waals surface area contributed by atoms with E-state index in [1.807, 2.05) is 19.2 Å². The maximum atomic E-state index is 12.6. The molecule has 1 aromatic carbocycles. The van der Waals surface area contributed by atoms with Crippen molar-refractivity contribution >= 4 is 82.7 Å². The van der Waals surface area contributed by atoms with Crippen LogP contribution >= 0.6 is 42.4 Å². The molecule has 3 aromatic rings. The van der Waals surface area contributed by atoms with E-state index in [1.54, 1.807) is 0 Å². The lowest BCUT2D eigenvalue weighted by molar-refractivity contribution is -0.383. The van der Waals surface area contributed by atoms with E-state index in [4.69, 9.17) is 50.5 Å². The number of nitrogens with two attached hydrogens (primary N) is 1. The molecule has 0 aliphatic rings. The summed E-state index contributed by atoms with van der Waals surface area (Å²) in [4.78, 5) is 49.5. The molecular formula is C23H33Cl3F3N10O7PS. The first-order chi connectivity index (χ1) is 22.0. The van der Waals surface area contributed by atoms with Crippen LogP contribution in [0.2, 0.25) is 15.3 Å². The number of aliphatic carboxylic acids is 1. The highest BCUT2D eigenvalue weighted by atomic mass is 35.5. The fourth-order valence-corrected chi connectivity index (χ4v) is 3.93. The smallest absolute Gasteiger partial charge is 0.416 e. The SMILES string of the molecule is CCNc1nc(Cl)nc(NCC)n1.C[S+](C)C.Nc1c([N+](=O)[O-])cnn1-c1c(Cl)cc(C(F)(F)F)cc1Cl.O=C(O)CNCP(=O)([O-])O. The molecular weight excluding hydrogens is 755 g/mol. The van der Waals surface area contributed by atoms with Gasteiger partial charge >= 0.3 is 17.8 Å². The predicted molar refractivity (Wildman–Crippen MR) is 178 cm³/mol. The van der Waals surface area contributed by atoms with Crippen molar-refractivity contribution in [3.05, 3.63) is 49.3 Å². The van der Waals surface area contributed by atoms with Gasteiger partial charge in [-0.15, -0.1) is 0 Å². The van der Waals surface area contributed by atoms with E-state index >= 15 is 0 Å². The molecule has 0 saturated heterocycles. The highest BCUT2D eigenvalue weighted by Crippen LogP contribution is 2.39. The van der Waals surface area contributed by atoms with E-state index in [2.05, 4.69) is 49.5 Å². The Labute approximate surface area is 290 Å². The Balaban J connectivity index is 0.000000701. The van der Waals surface area contributed by atoms with Crippen molar-refractivity contribution in [2.75, 3.05) is 61.1 Å². The Morgan fingerprint density at radius 3 is 1.88 bits per heavy atom. The van der Waals surface area contributed by atoms with Crippen molar-refractivity contribution in [2.45, 2.75) is 20.0 Å². The Morgan fingerprint density at radius 2 is 1.54 bits per heavy atom. The zero-order valence-corrected chi connectivity index (χ0v) is 29.9. The van der Waals surface area contributed by atoms with Crippen LogP contribution < -0.4 is 26.6 Å². The van der Waals surface area contributed by atoms with Crippen LogP contribution in [0, 0.1) is 10.1 Å². The number of nitrogens with zero attached hydrogens (tertiary/aromatic N) is 6. The Kier molecular flexibility index (Phi) is 19.6. The van der Waals surface area contributed by atoms with Crippen molar-refractivity contribution < 1.29 is 42.3 Å². The number of rotatable bonds is 10. The molecule has 0 amide bonds. The van der Waals surface area contributed by atoms with Crippen LogP contribution in [0.5, 0.6) is 0 Å². The number of nitrogens with one attached hydrogen (secondary N) is 3. The van der Waals surface area contributed by atoms with Gasteiger partial charge in [0.05, 0.1) is 52.1 Å². The lowest BCUT2D eigenvalue weighted by Crippen LogP contribution is -2.25. The maximum Gasteiger partial charge on any atom is 0.416 e. The van der Waals surface area contributed by atoms with E-state index in [1.165, 1.54) is 0 Å². The van der Waals surface area contributed by atoms with Crippen LogP contribution in [-0.2, 0) is 26.4 Å². The summed E-state index contributed by atoms with van der Waals surface area (Å²) in [6.45, 7) is 4.96. The molecule has 270 valence electrons. The molecule has 1 unspecified atom stereocenters. The van der Waals surface area contributed by atoms with E-state index in [0.29, 0.717) is 34.9 Å². The van der Waals surface area contributed by atoms with Crippen molar-refractivity contribution in [3.63, 3.8) is 0 Å². The molecule has 2 aromatic heterocycles. The topological polar surface area (TPSA) is 259 Å². The van der Waals surface area contributed by atoms with Crippen molar-refractivity contribution in [1.82, 2.24) is 30.0 Å². The summed E-state index contributed by atoms with van der Waals surface area (Å²) >= 11 is 17.2. The van der Waals surface area contributed by atoms with Crippen molar-refractivity contribution in [1.29, 1.82) is 0 Å². The first-order valence-corrected chi connectivity index (χ1v) is 18.3. The molecule has 0 saturated carbocycles. The van der Waals surface area contributed by atoms with Gasteiger partial charge in [-0.25, -0.2) is 4.68 Å². The molecule has 0 aliphatic heterocycles. The number of nitrogen functional groups attached to an aromatic ring is 1. The third-order valence-electron chi connectivity index (χ3n) is 4.40. The molecule has 48 heavy (non-hydrogen) atoms. The number of alkyl halides is 3. The average molecular weight is 788 g/mol. The lowest BCUT2D eigenvalue weighted by atomic mass is 10.2. The van der Waals surface area contributed by atoms with Crippen LogP contribution in [0.1, 0.15) is 19.4 Å². The number of carboxylic acid groups (broad SMARTS) is 1. The van der Waals surface area contributed by atoms with Crippen LogP contribution in [-0.4, -0.2) is 90.3 Å². The van der Waals surface area contributed by atoms with Crippen molar-refractivity contribution in [3.8, 4) is 5.69 Å². The molecule has 7 N–H and O–H groups in total. The fraction of sp³-hybridized carbons (Fsp3) is 0.435. The van der Waals surface area contributed by atoms with Crippen LogP contribution in [0.4, 0.5) is 36.6 Å². The van der Waals surface area contributed by atoms with Gasteiger partial charge in [-0.1, -0.05) is 23.2 Å². The van der Waals surface area contributed by atoms with Gasteiger partial charge in [0.2, 0.25) is 23.0 Å². The zero-order chi connectivity index (χ0) is 37.4. The number of halogens is 6. The number of aromatic nitrogens is 5. The predicted octanol–water partition coefficient (Wildman–Crippen LogP) is 3.73. The monoisotopic (exact) mass is 786 g/mol. The van der Waals surface area contributed by atoms with Crippen LogP contribution in [0.3, 0.4) is 0 Å². The zero-order valence-electron chi connectivity index (χ0n) is 25.9. The second-order valence-electron chi connectivity index (χ2n) is 9.02. The summed E-state index contributed by atoms with van der Waals surface area (Å²) in [5.74, 6) is -0.575. The number of carbonyl (C=O) groups is 1. The summed E-state index contributed by atoms with van der Waals surface area (Å²) in [6.07, 6.45) is 2.09. The van der Waals surface area contributed by atoms with Gasteiger partial charge < -0.3 is 35.8 Å². The van der Waals surface area contributed by atoms with Gasteiger partial charge in [0.15, 0.2) is 0 Å². The maximum absolute atomic E-state index is 12.6. The molecule has 1 atom stereocenters. The number of hydrogen-bond acceptors (Lipinski definition) is 13. The number of anilines is 3. The number of carboxylic acids is 1. The van der Waals surface area contributed by atoms with Gasteiger partial charge in [0.1, 0.15) is 19.5 Å². The van der Waals surface area contributed by atoms with Gasteiger partial charge in [0, 0.05) is 13.1 Å². The van der Waals surface area contributed by atoms with Crippen molar-refractivity contribution in [2.24, 2.45) is 0 Å². The minimum absolute atomic E-state index is 0.170. The molecule has 2 heterocycles. The normalized spacial score (nSPS) is 11.9. The Hall–Kier alpha value is -3.17. The van der Waals surface area contributed by atoms with E-state index in [9.17, 15) is 37.5 Å². The molecule has 0 bridgehead atoms. The van der Waals surface area contributed by atoms with Crippen LogP contribution in [0.15, 0.2) is 18.3 Å². The van der Waals surface area contributed by atoms with E-state index in [0.717, 1.165) is 24.0 Å². The third kappa shape index (κ3) is 17.8.